The molecule has 2 heterocycles. The van der Waals surface area contributed by atoms with Gasteiger partial charge in [-0.2, -0.15) is 0 Å². The van der Waals surface area contributed by atoms with E-state index >= 15 is 0 Å². The molecule has 0 radical (unpaired) electrons. The second-order valence-corrected chi connectivity index (χ2v) is 6.65. The van der Waals surface area contributed by atoms with Gasteiger partial charge in [-0.1, -0.05) is 12.8 Å². The van der Waals surface area contributed by atoms with Crippen molar-refractivity contribution in [3.8, 4) is 0 Å². The van der Waals surface area contributed by atoms with Crippen molar-refractivity contribution in [3.63, 3.8) is 0 Å². The minimum absolute atomic E-state index is 0.286. The highest BCUT2D eigenvalue weighted by atomic mass is 16.5. The van der Waals surface area contributed by atoms with E-state index in [1.807, 2.05) is 6.20 Å². The number of hydrogen-bond acceptors (Lipinski definition) is 3. The topological polar surface area (TPSA) is 47.4 Å². The number of carbonyl (C=O) groups excluding carboxylic acids is 1. The first-order valence-corrected chi connectivity index (χ1v) is 8.50. The van der Waals surface area contributed by atoms with E-state index in [-0.39, 0.29) is 5.92 Å². The second kappa shape index (κ2) is 6.82. The van der Waals surface area contributed by atoms with Crippen LogP contribution in [0.3, 0.4) is 0 Å². The molecule has 1 saturated carbocycles. The number of aromatic nitrogens is 2. The van der Waals surface area contributed by atoms with Crippen molar-refractivity contribution in [2.75, 3.05) is 26.8 Å². The van der Waals surface area contributed by atoms with E-state index in [1.165, 1.54) is 18.5 Å². The molecule has 2 aliphatic rings. The number of rotatable bonds is 5. The molecule has 0 aromatic carbocycles. The highest BCUT2D eigenvalue weighted by Gasteiger charge is 2.34. The van der Waals surface area contributed by atoms with Crippen LogP contribution >= 0.6 is 0 Å². The van der Waals surface area contributed by atoms with E-state index < -0.39 is 0 Å². The number of ether oxygens (including phenoxy) is 1. The summed E-state index contributed by atoms with van der Waals surface area (Å²) in [7, 11) is 1.73. The fourth-order valence-electron chi connectivity index (χ4n) is 3.88. The molecule has 0 spiro atoms. The van der Waals surface area contributed by atoms with Crippen LogP contribution in [0, 0.1) is 12.8 Å². The van der Waals surface area contributed by atoms with E-state index in [9.17, 15) is 4.79 Å². The number of aryl methyl sites for hydroxylation is 1. The van der Waals surface area contributed by atoms with Gasteiger partial charge in [-0.05, 0) is 26.2 Å². The van der Waals surface area contributed by atoms with Gasteiger partial charge in [-0.25, -0.2) is 4.98 Å². The largest absolute Gasteiger partial charge is 0.383 e. The Hall–Kier alpha value is -1.36. The van der Waals surface area contributed by atoms with Gasteiger partial charge in [0, 0.05) is 50.5 Å². The molecule has 22 heavy (non-hydrogen) atoms. The Labute approximate surface area is 132 Å². The highest BCUT2D eigenvalue weighted by molar-refractivity contribution is 5.79. The Morgan fingerprint density at radius 1 is 1.36 bits per heavy atom. The maximum atomic E-state index is 12.6. The van der Waals surface area contributed by atoms with Crippen molar-refractivity contribution in [2.24, 2.45) is 5.92 Å². The third-order valence-corrected chi connectivity index (χ3v) is 5.17. The summed E-state index contributed by atoms with van der Waals surface area (Å²) >= 11 is 0. The molecule has 122 valence electrons. The summed E-state index contributed by atoms with van der Waals surface area (Å²) in [5.41, 5.74) is 1.17. The molecule has 1 unspecified atom stereocenters. The van der Waals surface area contributed by atoms with Crippen LogP contribution in [0.1, 0.15) is 49.5 Å². The fraction of sp³-hybridized carbons (Fsp3) is 0.765. The van der Waals surface area contributed by atoms with Crippen LogP contribution in [0.4, 0.5) is 0 Å². The van der Waals surface area contributed by atoms with E-state index in [2.05, 4.69) is 21.4 Å². The third kappa shape index (κ3) is 3.05. The van der Waals surface area contributed by atoms with Crippen molar-refractivity contribution >= 4 is 5.91 Å². The Balaban J connectivity index is 1.66. The Bertz CT molecular complexity index is 520. The lowest BCUT2D eigenvalue weighted by molar-refractivity contribution is -0.134. The Morgan fingerprint density at radius 2 is 2.14 bits per heavy atom. The monoisotopic (exact) mass is 305 g/mol. The SMILES string of the molecule is COCCn1c(C)cnc1C1CCN(C(=O)C2CCCC2)C1. The van der Waals surface area contributed by atoms with Gasteiger partial charge in [0.2, 0.25) is 5.91 Å². The summed E-state index contributed by atoms with van der Waals surface area (Å²) in [5, 5.41) is 0. The van der Waals surface area contributed by atoms with E-state index in [1.54, 1.807) is 7.11 Å². The minimum atomic E-state index is 0.286. The van der Waals surface area contributed by atoms with Gasteiger partial charge in [0.05, 0.1) is 6.61 Å². The maximum Gasteiger partial charge on any atom is 0.225 e. The van der Waals surface area contributed by atoms with Crippen LogP contribution in [0.2, 0.25) is 0 Å². The first-order valence-electron chi connectivity index (χ1n) is 8.50. The lowest BCUT2D eigenvalue weighted by Gasteiger charge is -2.20. The summed E-state index contributed by atoms with van der Waals surface area (Å²) in [6.07, 6.45) is 7.57. The van der Waals surface area contributed by atoms with Crippen LogP contribution in [-0.4, -0.2) is 47.2 Å². The quantitative estimate of drug-likeness (QED) is 0.839. The normalized spacial score (nSPS) is 22.6. The highest BCUT2D eigenvalue weighted by Crippen LogP contribution is 2.32. The molecule has 1 atom stereocenters. The van der Waals surface area contributed by atoms with Crippen molar-refractivity contribution in [1.29, 1.82) is 0 Å². The molecule has 0 bridgehead atoms. The zero-order valence-corrected chi connectivity index (χ0v) is 13.8. The first kappa shape index (κ1) is 15.5. The lowest BCUT2D eigenvalue weighted by Crippen LogP contribution is -2.33. The molecular weight excluding hydrogens is 278 g/mol. The van der Waals surface area contributed by atoms with Crippen molar-refractivity contribution in [2.45, 2.75) is 51.5 Å². The summed E-state index contributed by atoms with van der Waals surface area (Å²) in [6.45, 7) is 5.34. The molecule has 5 nitrogen and oxygen atoms in total. The van der Waals surface area contributed by atoms with E-state index in [0.29, 0.717) is 18.4 Å². The van der Waals surface area contributed by atoms with Crippen LogP contribution in [0.5, 0.6) is 0 Å². The Kier molecular flexibility index (Phi) is 4.81. The lowest BCUT2D eigenvalue weighted by atomic mass is 10.1. The molecule has 5 heteroatoms. The molecular formula is C17H27N3O2. The van der Waals surface area contributed by atoms with Gasteiger partial charge in [0.25, 0.3) is 0 Å². The standard InChI is InChI=1S/C17H27N3O2/c1-13-11-18-16(20(13)9-10-22-2)15-7-8-19(12-15)17(21)14-5-3-4-6-14/h11,14-15H,3-10,12H2,1-2H3. The first-order chi connectivity index (χ1) is 10.7. The summed E-state index contributed by atoms with van der Waals surface area (Å²) in [5.74, 6) is 2.16. The molecule has 2 fully saturated rings. The number of methoxy groups -OCH3 is 1. The van der Waals surface area contributed by atoms with Crippen molar-refractivity contribution in [3.05, 3.63) is 17.7 Å². The van der Waals surface area contributed by atoms with Crippen LogP contribution in [0.15, 0.2) is 6.20 Å². The van der Waals surface area contributed by atoms with Gasteiger partial charge >= 0.3 is 0 Å². The van der Waals surface area contributed by atoms with E-state index in [4.69, 9.17) is 4.74 Å². The third-order valence-electron chi connectivity index (χ3n) is 5.17. The summed E-state index contributed by atoms with van der Waals surface area (Å²) in [6, 6.07) is 0. The van der Waals surface area contributed by atoms with Gasteiger partial charge in [0.15, 0.2) is 0 Å². The molecule has 0 N–H and O–H groups in total. The molecule has 1 amide bonds. The van der Waals surface area contributed by atoms with Gasteiger partial charge in [-0.3, -0.25) is 4.79 Å². The molecule has 1 aromatic heterocycles. The predicted molar refractivity (Wildman–Crippen MR) is 84.7 cm³/mol. The molecule has 1 aliphatic heterocycles. The summed E-state index contributed by atoms with van der Waals surface area (Å²) in [4.78, 5) is 19.3. The second-order valence-electron chi connectivity index (χ2n) is 6.65. The smallest absolute Gasteiger partial charge is 0.225 e. The van der Waals surface area contributed by atoms with Crippen molar-refractivity contribution in [1.82, 2.24) is 14.5 Å². The zero-order valence-electron chi connectivity index (χ0n) is 13.8. The predicted octanol–water partition coefficient (Wildman–Crippen LogP) is 2.34. The van der Waals surface area contributed by atoms with Crippen LogP contribution in [0.25, 0.3) is 0 Å². The van der Waals surface area contributed by atoms with Gasteiger partial charge in [-0.15, -0.1) is 0 Å². The molecule has 1 aliphatic carbocycles. The molecule has 1 aromatic rings. The number of likely N-dealkylation sites (tertiary alicyclic amines) is 1. The fourth-order valence-corrected chi connectivity index (χ4v) is 3.88. The molecule has 3 rings (SSSR count). The van der Waals surface area contributed by atoms with Gasteiger partial charge in [0.1, 0.15) is 5.82 Å². The Morgan fingerprint density at radius 3 is 2.86 bits per heavy atom. The van der Waals surface area contributed by atoms with Gasteiger partial charge < -0.3 is 14.2 Å². The average Bonchev–Trinajstić information content (AvgIpc) is 3.25. The minimum Gasteiger partial charge on any atom is -0.383 e. The number of imidazole rings is 1. The van der Waals surface area contributed by atoms with Crippen LogP contribution < -0.4 is 0 Å². The number of nitrogens with zero attached hydrogens (tertiary/aromatic N) is 3. The van der Waals surface area contributed by atoms with E-state index in [0.717, 1.165) is 44.7 Å². The average molecular weight is 305 g/mol. The maximum absolute atomic E-state index is 12.6. The number of hydrogen-bond donors (Lipinski definition) is 0. The number of amides is 1. The number of carbonyl (C=O) groups is 1. The molecule has 1 saturated heterocycles. The van der Waals surface area contributed by atoms with Crippen molar-refractivity contribution < 1.29 is 9.53 Å². The zero-order chi connectivity index (χ0) is 15.5. The summed E-state index contributed by atoms with van der Waals surface area (Å²) < 4.78 is 7.45. The van der Waals surface area contributed by atoms with Crippen LogP contribution in [-0.2, 0) is 16.1 Å².